The number of aromatic nitrogens is 1. The number of aliphatic hydroxyl groups is 1. The minimum absolute atomic E-state index is 0.0440. The summed E-state index contributed by atoms with van der Waals surface area (Å²) in [4.78, 5) is 17.6. The highest BCUT2D eigenvalue weighted by molar-refractivity contribution is 5.78. The Morgan fingerprint density at radius 1 is 1.47 bits per heavy atom. The molecule has 5 heteroatoms. The molecule has 0 saturated carbocycles. The van der Waals surface area contributed by atoms with Gasteiger partial charge in [-0.25, -0.2) is 0 Å². The molecular weight excluding hydrogens is 220 g/mol. The molecule has 0 unspecified atom stereocenters. The summed E-state index contributed by atoms with van der Waals surface area (Å²) >= 11 is 0. The number of carbonyl (C=O) groups excluding carboxylic acids is 1. The van der Waals surface area contributed by atoms with E-state index >= 15 is 0 Å². The third-order valence-corrected chi connectivity index (χ3v) is 2.35. The van der Waals surface area contributed by atoms with Gasteiger partial charge in [0.15, 0.2) is 0 Å². The zero-order valence-corrected chi connectivity index (χ0v) is 10.0. The predicted octanol–water partition coefficient (Wildman–Crippen LogP) is 0.0914. The lowest BCUT2D eigenvalue weighted by Gasteiger charge is -2.21. The van der Waals surface area contributed by atoms with Crippen LogP contribution in [0.4, 0.5) is 0 Å². The van der Waals surface area contributed by atoms with Crippen molar-refractivity contribution in [3.63, 3.8) is 0 Å². The molecule has 0 atom stereocenters. The molecule has 0 spiro atoms. The second kappa shape index (κ2) is 7.76. The lowest BCUT2D eigenvalue weighted by Crippen LogP contribution is -2.37. The van der Waals surface area contributed by atoms with Crippen molar-refractivity contribution in [2.45, 2.75) is 6.42 Å². The third-order valence-electron chi connectivity index (χ3n) is 2.35. The van der Waals surface area contributed by atoms with Crippen LogP contribution in [0.1, 0.15) is 5.69 Å². The number of rotatable bonds is 7. The van der Waals surface area contributed by atoms with Gasteiger partial charge in [-0.2, -0.15) is 0 Å². The molecule has 1 heterocycles. The normalized spacial score (nSPS) is 10.2. The van der Waals surface area contributed by atoms with E-state index in [1.54, 1.807) is 18.2 Å². The first-order valence-electron chi connectivity index (χ1n) is 5.55. The summed E-state index contributed by atoms with van der Waals surface area (Å²) in [6.07, 6.45) is 1.92. The van der Waals surface area contributed by atoms with E-state index in [1.807, 2.05) is 18.2 Å². The van der Waals surface area contributed by atoms with E-state index in [9.17, 15) is 4.79 Å². The Hall–Kier alpha value is -1.46. The molecule has 1 N–H and O–H groups in total. The Bertz CT molecular complexity index is 330. The molecule has 1 amide bonds. The molecule has 0 aromatic carbocycles. The van der Waals surface area contributed by atoms with Crippen molar-refractivity contribution in [3.05, 3.63) is 30.1 Å². The summed E-state index contributed by atoms with van der Waals surface area (Å²) in [6, 6.07) is 5.47. The van der Waals surface area contributed by atoms with Crippen LogP contribution in [0.15, 0.2) is 24.4 Å². The SMILES string of the molecule is COCCN(CCO)C(=O)Cc1ccccn1. The third kappa shape index (κ3) is 4.93. The van der Waals surface area contributed by atoms with E-state index < -0.39 is 0 Å². The highest BCUT2D eigenvalue weighted by Gasteiger charge is 2.13. The lowest BCUT2D eigenvalue weighted by atomic mass is 10.2. The van der Waals surface area contributed by atoms with E-state index in [2.05, 4.69) is 4.98 Å². The molecule has 0 radical (unpaired) electrons. The zero-order valence-electron chi connectivity index (χ0n) is 10.0. The van der Waals surface area contributed by atoms with E-state index in [0.717, 1.165) is 5.69 Å². The maximum atomic E-state index is 11.9. The molecule has 0 aliphatic heterocycles. The van der Waals surface area contributed by atoms with Crippen molar-refractivity contribution in [3.8, 4) is 0 Å². The van der Waals surface area contributed by atoms with Crippen LogP contribution in [-0.4, -0.2) is 54.3 Å². The number of aliphatic hydroxyl groups excluding tert-OH is 1. The number of carbonyl (C=O) groups is 1. The van der Waals surface area contributed by atoms with Crippen LogP contribution in [0.2, 0.25) is 0 Å². The molecule has 0 bridgehead atoms. The van der Waals surface area contributed by atoms with Crippen LogP contribution in [0.5, 0.6) is 0 Å². The van der Waals surface area contributed by atoms with Gasteiger partial charge in [0.05, 0.1) is 19.6 Å². The van der Waals surface area contributed by atoms with Gasteiger partial charge in [0.2, 0.25) is 5.91 Å². The fraction of sp³-hybridized carbons (Fsp3) is 0.500. The first-order valence-corrected chi connectivity index (χ1v) is 5.55. The van der Waals surface area contributed by atoms with Gasteiger partial charge in [-0.05, 0) is 12.1 Å². The second-order valence-electron chi connectivity index (χ2n) is 3.60. The van der Waals surface area contributed by atoms with Crippen LogP contribution in [-0.2, 0) is 16.0 Å². The van der Waals surface area contributed by atoms with Gasteiger partial charge >= 0.3 is 0 Å². The van der Waals surface area contributed by atoms with Crippen molar-refractivity contribution < 1.29 is 14.6 Å². The van der Waals surface area contributed by atoms with Crippen molar-refractivity contribution in [1.29, 1.82) is 0 Å². The summed E-state index contributed by atoms with van der Waals surface area (Å²) in [6.45, 7) is 1.24. The molecule has 1 rings (SSSR count). The van der Waals surface area contributed by atoms with Gasteiger partial charge in [-0.3, -0.25) is 9.78 Å². The molecule has 1 aromatic rings. The number of methoxy groups -OCH3 is 1. The molecule has 0 aliphatic carbocycles. The van der Waals surface area contributed by atoms with Crippen molar-refractivity contribution in [1.82, 2.24) is 9.88 Å². The van der Waals surface area contributed by atoms with E-state index in [4.69, 9.17) is 9.84 Å². The Kier molecular flexibility index (Phi) is 6.21. The molecule has 94 valence electrons. The number of ether oxygens (including phenoxy) is 1. The van der Waals surface area contributed by atoms with Gasteiger partial charge < -0.3 is 14.7 Å². The molecule has 5 nitrogen and oxygen atoms in total. The topological polar surface area (TPSA) is 62.7 Å². The van der Waals surface area contributed by atoms with Crippen molar-refractivity contribution in [2.24, 2.45) is 0 Å². The number of hydrogen-bond acceptors (Lipinski definition) is 4. The van der Waals surface area contributed by atoms with E-state index in [0.29, 0.717) is 19.7 Å². The summed E-state index contributed by atoms with van der Waals surface area (Å²) in [5.74, 6) is -0.0465. The van der Waals surface area contributed by atoms with Crippen LogP contribution in [0.3, 0.4) is 0 Å². The van der Waals surface area contributed by atoms with Gasteiger partial charge in [-0.15, -0.1) is 0 Å². The first kappa shape index (κ1) is 13.6. The van der Waals surface area contributed by atoms with E-state index in [1.165, 1.54) is 0 Å². The molecule has 0 fully saturated rings. The number of hydrogen-bond donors (Lipinski definition) is 1. The number of amides is 1. The lowest BCUT2D eigenvalue weighted by molar-refractivity contribution is -0.131. The van der Waals surface area contributed by atoms with Crippen molar-refractivity contribution in [2.75, 3.05) is 33.4 Å². The Balaban J connectivity index is 2.52. The van der Waals surface area contributed by atoms with Crippen LogP contribution in [0.25, 0.3) is 0 Å². The first-order chi connectivity index (χ1) is 8.27. The maximum absolute atomic E-state index is 11.9. The van der Waals surface area contributed by atoms with Crippen LogP contribution < -0.4 is 0 Å². The molecule has 0 saturated heterocycles. The van der Waals surface area contributed by atoms with Crippen LogP contribution in [0, 0.1) is 0 Å². The number of nitrogens with zero attached hydrogens (tertiary/aromatic N) is 2. The average molecular weight is 238 g/mol. The fourth-order valence-corrected chi connectivity index (χ4v) is 1.45. The molecular formula is C12H18N2O3. The quantitative estimate of drug-likeness (QED) is 0.731. The minimum Gasteiger partial charge on any atom is -0.395 e. The van der Waals surface area contributed by atoms with Gasteiger partial charge in [-0.1, -0.05) is 6.07 Å². The summed E-state index contributed by atoms with van der Waals surface area (Å²) in [7, 11) is 1.58. The number of pyridine rings is 1. The van der Waals surface area contributed by atoms with Gasteiger partial charge in [0.25, 0.3) is 0 Å². The molecule has 1 aromatic heterocycles. The van der Waals surface area contributed by atoms with Gasteiger partial charge in [0, 0.05) is 32.1 Å². The highest BCUT2D eigenvalue weighted by Crippen LogP contribution is 1.99. The van der Waals surface area contributed by atoms with Crippen LogP contribution >= 0.6 is 0 Å². The Morgan fingerprint density at radius 2 is 2.29 bits per heavy atom. The monoisotopic (exact) mass is 238 g/mol. The van der Waals surface area contributed by atoms with Gasteiger partial charge in [0.1, 0.15) is 0 Å². The largest absolute Gasteiger partial charge is 0.395 e. The average Bonchev–Trinajstić information content (AvgIpc) is 2.35. The smallest absolute Gasteiger partial charge is 0.228 e. The maximum Gasteiger partial charge on any atom is 0.228 e. The second-order valence-corrected chi connectivity index (χ2v) is 3.60. The molecule has 0 aliphatic rings. The minimum atomic E-state index is -0.0465. The summed E-state index contributed by atoms with van der Waals surface area (Å²) in [5.41, 5.74) is 0.734. The Labute approximate surface area is 101 Å². The summed E-state index contributed by atoms with van der Waals surface area (Å²) in [5, 5.41) is 8.90. The Morgan fingerprint density at radius 3 is 2.88 bits per heavy atom. The summed E-state index contributed by atoms with van der Waals surface area (Å²) < 4.78 is 4.93. The van der Waals surface area contributed by atoms with Crippen molar-refractivity contribution >= 4 is 5.91 Å². The fourth-order valence-electron chi connectivity index (χ4n) is 1.45. The highest BCUT2D eigenvalue weighted by atomic mass is 16.5. The van der Waals surface area contributed by atoms with E-state index in [-0.39, 0.29) is 18.9 Å². The standard InChI is InChI=1S/C12H18N2O3/c1-17-9-7-14(6-8-15)12(16)10-11-4-2-3-5-13-11/h2-5,15H,6-10H2,1H3. The zero-order chi connectivity index (χ0) is 12.5. The predicted molar refractivity (Wildman–Crippen MR) is 63.5 cm³/mol. The molecule has 17 heavy (non-hydrogen) atoms.